The zero-order valence-electron chi connectivity index (χ0n) is 11.3. The summed E-state index contributed by atoms with van der Waals surface area (Å²) in [5, 5.41) is 7.01. The summed E-state index contributed by atoms with van der Waals surface area (Å²) in [5.74, 6) is 0. The summed E-state index contributed by atoms with van der Waals surface area (Å²) in [6, 6.07) is 9.01. The first-order valence-corrected chi connectivity index (χ1v) is 6.98. The Morgan fingerprint density at radius 2 is 2.00 bits per heavy atom. The van der Waals surface area contributed by atoms with Crippen molar-refractivity contribution in [1.29, 1.82) is 0 Å². The van der Waals surface area contributed by atoms with Crippen molar-refractivity contribution in [1.82, 2.24) is 10.6 Å². The molecule has 0 aliphatic heterocycles. The molecule has 0 heterocycles. The first-order chi connectivity index (χ1) is 9.38. The van der Waals surface area contributed by atoms with Gasteiger partial charge in [0.25, 0.3) is 0 Å². The Labute approximate surface area is 114 Å². The van der Waals surface area contributed by atoms with Crippen LogP contribution in [-0.4, -0.2) is 7.05 Å². The molecule has 0 radical (unpaired) electrons. The minimum absolute atomic E-state index is 0.377. The fraction of sp³-hybridized carbons (Fsp3) is 0.294. The van der Waals surface area contributed by atoms with Crippen molar-refractivity contribution in [3.8, 4) is 0 Å². The third kappa shape index (κ3) is 2.43. The molecule has 0 aromatic heterocycles. The van der Waals surface area contributed by atoms with E-state index in [1.165, 1.54) is 22.5 Å². The van der Waals surface area contributed by atoms with E-state index in [1.54, 1.807) is 0 Å². The highest BCUT2D eigenvalue weighted by Gasteiger charge is 2.18. The van der Waals surface area contributed by atoms with Gasteiger partial charge < -0.3 is 10.6 Å². The Bertz CT molecular complexity index is 552. The molecule has 0 fully saturated rings. The van der Waals surface area contributed by atoms with Crippen molar-refractivity contribution in [2.75, 3.05) is 7.05 Å². The second kappa shape index (κ2) is 5.35. The van der Waals surface area contributed by atoms with Crippen LogP contribution in [0.25, 0.3) is 6.08 Å². The van der Waals surface area contributed by atoms with E-state index in [9.17, 15) is 0 Å². The van der Waals surface area contributed by atoms with Crippen LogP contribution in [0.15, 0.2) is 53.9 Å². The van der Waals surface area contributed by atoms with Crippen LogP contribution in [0.3, 0.4) is 0 Å². The zero-order chi connectivity index (χ0) is 13.1. The maximum atomic E-state index is 3.69. The van der Waals surface area contributed by atoms with Gasteiger partial charge in [0.05, 0.1) is 11.7 Å². The van der Waals surface area contributed by atoms with Crippen LogP contribution in [0, 0.1) is 0 Å². The molecule has 2 nitrogen and oxygen atoms in total. The fourth-order valence-corrected chi connectivity index (χ4v) is 2.82. The van der Waals surface area contributed by atoms with E-state index in [2.05, 4.69) is 59.2 Å². The van der Waals surface area contributed by atoms with Gasteiger partial charge >= 0.3 is 0 Å². The lowest BCUT2D eigenvalue weighted by Crippen LogP contribution is -2.26. The van der Waals surface area contributed by atoms with Gasteiger partial charge in [-0.15, -0.1) is 0 Å². The lowest BCUT2D eigenvalue weighted by atomic mass is 9.92. The van der Waals surface area contributed by atoms with E-state index < -0.39 is 0 Å². The smallest absolute Gasteiger partial charge is 0.0554 e. The molecule has 3 rings (SSSR count). The molecular weight excluding hydrogens is 232 g/mol. The van der Waals surface area contributed by atoms with E-state index in [0.29, 0.717) is 6.04 Å². The molecule has 1 aromatic carbocycles. The molecule has 1 unspecified atom stereocenters. The number of benzene rings is 1. The minimum atomic E-state index is 0.377. The molecule has 2 aliphatic carbocycles. The van der Waals surface area contributed by atoms with Crippen LogP contribution in [0.4, 0.5) is 0 Å². The third-order valence-corrected chi connectivity index (χ3v) is 3.84. The average Bonchev–Trinajstić information content (AvgIpc) is 2.48. The first kappa shape index (κ1) is 12.1. The van der Waals surface area contributed by atoms with Crippen molar-refractivity contribution < 1.29 is 0 Å². The highest BCUT2D eigenvalue weighted by molar-refractivity contribution is 5.57. The first-order valence-electron chi connectivity index (χ1n) is 6.98. The van der Waals surface area contributed by atoms with Crippen LogP contribution in [0.1, 0.15) is 36.4 Å². The van der Waals surface area contributed by atoms with Crippen molar-refractivity contribution in [2.45, 2.75) is 25.3 Å². The molecule has 19 heavy (non-hydrogen) atoms. The topological polar surface area (TPSA) is 24.1 Å². The Hall–Kier alpha value is -1.96. The summed E-state index contributed by atoms with van der Waals surface area (Å²) in [4.78, 5) is 0. The van der Waals surface area contributed by atoms with Crippen molar-refractivity contribution in [3.05, 3.63) is 65.0 Å². The molecule has 0 bridgehead atoms. The second-order valence-corrected chi connectivity index (χ2v) is 5.05. The number of hydrogen-bond donors (Lipinski definition) is 2. The average molecular weight is 252 g/mol. The van der Waals surface area contributed by atoms with E-state index >= 15 is 0 Å². The lowest BCUT2D eigenvalue weighted by Gasteiger charge is -2.27. The summed E-state index contributed by atoms with van der Waals surface area (Å²) < 4.78 is 0. The van der Waals surface area contributed by atoms with E-state index in [-0.39, 0.29) is 0 Å². The van der Waals surface area contributed by atoms with Crippen LogP contribution < -0.4 is 10.6 Å². The van der Waals surface area contributed by atoms with E-state index in [4.69, 9.17) is 0 Å². The normalized spacial score (nSPS) is 21.2. The largest absolute Gasteiger partial charge is 0.390 e. The van der Waals surface area contributed by atoms with Gasteiger partial charge in [0, 0.05) is 12.7 Å². The second-order valence-electron chi connectivity index (χ2n) is 5.05. The number of allylic oxidation sites excluding steroid dienone is 3. The predicted molar refractivity (Wildman–Crippen MR) is 80.4 cm³/mol. The summed E-state index contributed by atoms with van der Waals surface area (Å²) >= 11 is 0. The number of rotatable bonds is 3. The highest BCUT2D eigenvalue weighted by atomic mass is 15.0. The molecule has 0 spiro atoms. The van der Waals surface area contributed by atoms with Gasteiger partial charge in [-0.2, -0.15) is 0 Å². The minimum Gasteiger partial charge on any atom is -0.390 e. The summed E-state index contributed by atoms with van der Waals surface area (Å²) in [7, 11) is 2.00. The third-order valence-electron chi connectivity index (χ3n) is 3.84. The molecule has 1 aromatic rings. The maximum Gasteiger partial charge on any atom is 0.0554 e. The van der Waals surface area contributed by atoms with Crippen LogP contribution >= 0.6 is 0 Å². The number of hydrogen-bond acceptors (Lipinski definition) is 2. The van der Waals surface area contributed by atoms with Gasteiger partial charge in [-0.1, -0.05) is 42.5 Å². The van der Waals surface area contributed by atoms with Gasteiger partial charge in [-0.05, 0) is 36.5 Å². The Balaban J connectivity index is 1.87. The fourth-order valence-electron chi connectivity index (χ4n) is 2.82. The van der Waals surface area contributed by atoms with Gasteiger partial charge in [-0.3, -0.25) is 0 Å². The molecule has 0 amide bonds. The SMILES string of the molecule is CNC1=C(NC2CC=Cc3ccccc32)C=CCC1. The van der Waals surface area contributed by atoms with Crippen molar-refractivity contribution in [3.63, 3.8) is 0 Å². The molecular formula is C17H20N2. The van der Waals surface area contributed by atoms with Crippen molar-refractivity contribution in [2.24, 2.45) is 0 Å². The summed E-state index contributed by atoms with van der Waals surface area (Å²) in [6.45, 7) is 0. The molecule has 1 atom stereocenters. The quantitative estimate of drug-likeness (QED) is 0.860. The van der Waals surface area contributed by atoms with Crippen LogP contribution in [0.2, 0.25) is 0 Å². The molecule has 2 N–H and O–H groups in total. The lowest BCUT2D eigenvalue weighted by molar-refractivity contribution is 0.594. The van der Waals surface area contributed by atoms with Crippen LogP contribution in [-0.2, 0) is 0 Å². The van der Waals surface area contributed by atoms with E-state index in [1.807, 2.05) is 7.05 Å². The van der Waals surface area contributed by atoms with Gasteiger partial charge in [0.1, 0.15) is 0 Å². The Kier molecular flexibility index (Phi) is 3.41. The molecule has 2 aliphatic rings. The maximum absolute atomic E-state index is 3.69. The monoisotopic (exact) mass is 252 g/mol. The van der Waals surface area contributed by atoms with Gasteiger partial charge in [0.2, 0.25) is 0 Å². The standard InChI is InChI=1S/C17H20N2/c1-18-16-10-4-5-11-17(16)19-15-12-6-8-13-7-2-3-9-14(13)15/h2-3,5-9,11,15,18-19H,4,10,12H2,1H3. The van der Waals surface area contributed by atoms with Gasteiger partial charge in [-0.25, -0.2) is 0 Å². The summed E-state index contributed by atoms with van der Waals surface area (Å²) in [6.07, 6.45) is 12.2. The Morgan fingerprint density at radius 1 is 1.11 bits per heavy atom. The van der Waals surface area contributed by atoms with E-state index in [0.717, 1.165) is 19.3 Å². The number of nitrogens with one attached hydrogen (secondary N) is 2. The summed E-state index contributed by atoms with van der Waals surface area (Å²) in [5.41, 5.74) is 5.28. The number of fused-ring (bicyclic) bond motifs is 1. The van der Waals surface area contributed by atoms with Gasteiger partial charge in [0.15, 0.2) is 0 Å². The highest BCUT2D eigenvalue weighted by Crippen LogP contribution is 2.29. The molecule has 0 saturated heterocycles. The Morgan fingerprint density at radius 3 is 2.89 bits per heavy atom. The van der Waals surface area contributed by atoms with Crippen molar-refractivity contribution >= 4 is 6.08 Å². The molecule has 0 saturated carbocycles. The molecule has 2 heteroatoms. The zero-order valence-corrected chi connectivity index (χ0v) is 11.3. The molecule has 98 valence electrons. The van der Waals surface area contributed by atoms with Crippen LogP contribution in [0.5, 0.6) is 0 Å². The predicted octanol–water partition coefficient (Wildman–Crippen LogP) is 3.52.